The molecule has 0 saturated carbocycles. The van der Waals surface area contributed by atoms with Gasteiger partial charge in [0, 0.05) is 45.3 Å². The van der Waals surface area contributed by atoms with E-state index in [1.807, 2.05) is 17.5 Å². The second kappa shape index (κ2) is 5.84. The lowest BCUT2D eigenvalue weighted by Gasteiger charge is -2.46. The van der Waals surface area contributed by atoms with E-state index in [1.165, 1.54) is 13.1 Å². The van der Waals surface area contributed by atoms with Crippen molar-refractivity contribution in [3.05, 3.63) is 23.4 Å². The van der Waals surface area contributed by atoms with E-state index in [-0.39, 0.29) is 0 Å². The number of aromatic nitrogens is 2. The summed E-state index contributed by atoms with van der Waals surface area (Å²) in [5.41, 5.74) is 0. The normalized spacial score (nSPS) is 21.5. The van der Waals surface area contributed by atoms with Crippen LogP contribution in [0.1, 0.15) is 5.89 Å². The Balaban J connectivity index is 1.30. The molecule has 6 nitrogen and oxygen atoms in total. The van der Waals surface area contributed by atoms with E-state index in [4.69, 9.17) is 4.42 Å². The molecular weight excluding hydrogens is 286 g/mol. The highest BCUT2D eigenvalue weighted by atomic mass is 32.1. The number of likely N-dealkylation sites (tertiary alicyclic amines) is 1. The third-order valence-electron chi connectivity index (χ3n) is 4.16. The minimum atomic E-state index is 0.638. The summed E-state index contributed by atoms with van der Waals surface area (Å²) in [6.45, 7) is 7.55. The van der Waals surface area contributed by atoms with Crippen LogP contribution in [0.3, 0.4) is 0 Å². The molecular formula is C14H19N5OS. The number of rotatable bonds is 4. The fourth-order valence-electron chi connectivity index (χ4n) is 2.96. The number of nitrogens with zero attached hydrogens (tertiary/aromatic N) is 4. The van der Waals surface area contributed by atoms with Gasteiger partial charge in [0.1, 0.15) is 0 Å². The van der Waals surface area contributed by atoms with Gasteiger partial charge in [-0.05, 0) is 11.4 Å². The number of hydrogen-bond acceptors (Lipinski definition) is 7. The van der Waals surface area contributed by atoms with Gasteiger partial charge in [-0.25, -0.2) is 0 Å². The largest absolute Gasteiger partial charge is 0.419 e. The minimum absolute atomic E-state index is 0.638. The summed E-state index contributed by atoms with van der Waals surface area (Å²) in [7, 11) is 0. The Bertz CT molecular complexity index is 572. The van der Waals surface area contributed by atoms with E-state index in [0.29, 0.717) is 11.9 Å². The van der Waals surface area contributed by atoms with Crippen molar-refractivity contribution in [1.29, 1.82) is 0 Å². The smallest absolute Gasteiger partial charge is 0.257 e. The predicted molar refractivity (Wildman–Crippen MR) is 81.1 cm³/mol. The maximum Gasteiger partial charge on any atom is 0.257 e. The molecule has 1 N–H and O–H groups in total. The van der Waals surface area contributed by atoms with Crippen LogP contribution in [0.4, 0.5) is 0 Å². The standard InChI is InChI=1S/C14H19N5OS/c1-2-12(21-7-1)14-17-16-13(20-14)10-18-8-11(9-18)19-5-3-15-4-6-19/h1-2,7,11,15H,3-6,8-10H2. The first kappa shape index (κ1) is 13.4. The predicted octanol–water partition coefficient (Wildman–Crippen LogP) is 0.887. The van der Waals surface area contributed by atoms with Crippen molar-refractivity contribution in [2.24, 2.45) is 0 Å². The van der Waals surface area contributed by atoms with Crippen LogP contribution in [0.25, 0.3) is 10.8 Å². The first-order valence-corrected chi connectivity index (χ1v) is 8.30. The van der Waals surface area contributed by atoms with Crippen molar-refractivity contribution >= 4 is 11.3 Å². The first-order chi connectivity index (χ1) is 10.4. The Hall–Kier alpha value is -1.28. The van der Waals surface area contributed by atoms with Gasteiger partial charge in [0.05, 0.1) is 11.4 Å². The molecule has 2 aromatic heterocycles. The van der Waals surface area contributed by atoms with Gasteiger partial charge in [0.2, 0.25) is 5.89 Å². The van der Waals surface area contributed by atoms with Crippen molar-refractivity contribution in [1.82, 2.24) is 25.3 Å². The summed E-state index contributed by atoms with van der Waals surface area (Å²) in [5.74, 6) is 1.36. The summed E-state index contributed by atoms with van der Waals surface area (Å²) in [5, 5.41) is 13.7. The molecule has 0 amide bonds. The molecule has 2 aliphatic heterocycles. The second-order valence-corrected chi connectivity index (χ2v) is 6.56. The molecule has 2 aliphatic rings. The van der Waals surface area contributed by atoms with E-state index in [1.54, 1.807) is 11.3 Å². The maximum atomic E-state index is 5.74. The summed E-state index contributed by atoms with van der Waals surface area (Å²) in [6, 6.07) is 4.70. The Kier molecular flexibility index (Phi) is 3.72. The monoisotopic (exact) mass is 305 g/mol. The van der Waals surface area contributed by atoms with E-state index < -0.39 is 0 Å². The van der Waals surface area contributed by atoms with Gasteiger partial charge in [-0.3, -0.25) is 9.80 Å². The molecule has 112 valence electrons. The Morgan fingerprint density at radius 1 is 1.29 bits per heavy atom. The third kappa shape index (κ3) is 2.87. The summed E-state index contributed by atoms with van der Waals surface area (Å²) in [4.78, 5) is 5.99. The molecule has 0 atom stereocenters. The van der Waals surface area contributed by atoms with Crippen molar-refractivity contribution in [2.45, 2.75) is 12.6 Å². The van der Waals surface area contributed by atoms with Gasteiger partial charge >= 0.3 is 0 Å². The zero-order valence-corrected chi connectivity index (χ0v) is 12.7. The maximum absolute atomic E-state index is 5.74. The Labute approximate surface area is 127 Å². The molecule has 0 aliphatic carbocycles. The lowest BCUT2D eigenvalue weighted by Crippen LogP contribution is -2.62. The minimum Gasteiger partial charge on any atom is -0.419 e. The topological polar surface area (TPSA) is 57.4 Å². The van der Waals surface area contributed by atoms with E-state index in [0.717, 1.165) is 43.5 Å². The van der Waals surface area contributed by atoms with Gasteiger partial charge in [-0.15, -0.1) is 21.5 Å². The van der Waals surface area contributed by atoms with E-state index >= 15 is 0 Å². The van der Waals surface area contributed by atoms with Crippen LogP contribution in [0, 0.1) is 0 Å². The van der Waals surface area contributed by atoms with Gasteiger partial charge in [-0.1, -0.05) is 6.07 Å². The highest BCUT2D eigenvalue weighted by Crippen LogP contribution is 2.24. The lowest BCUT2D eigenvalue weighted by atomic mass is 10.1. The fraction of sp³-hybridized carbons (Fsp3) is 0.571. The van der Waals surface area contributed by atoms with Crippen LogP contribution in [-0.2, 0) is 6.54 Å². The van der Waals surface area contributed by atoms with E-state index in [9.17, 15) is 0 Å². The molecule has 4 heterocycles. The zero-order valence-electron chi connectivity index (χ0n) is 11.9. The number of piperazine rings is 1. The number of thiophene rings is 1. The van der Waals surface area contributed by atoms with Crippen molar-refractivity contribution in [3.8, 4) is 10.8 Å². The van der Waals surface area contributed by atoms with Crippen LogP contribution in [-0.4, -0.2) is 65.3 Å². The highest BCUT2D eigenvalue weighted by Gasteiger charge is 2.33. The molecule has 2 saturated heterocycles. The van der Waals surface area contributed by atoms with Gasteiger partial charge in [0.25, 0.3) is 5.89 Å². The second-order valence-electron chi connectivity index (χ2n) is 5.61. The number of nitrogens with one attached hydrogen (secondary N) is 1. The van der Waals surface area contributed by atoms with Crippen LogP contribution in [0.5, 0.6) is 0 Å². The third-order valence-corrected chi connectivity index (χ3v) is 5.02. The first-order valence-electron chi connectivity index (χ1n) is 7.42. The van der Waals surface area contributed by atoms with Crippen molar-refractivity contribution in [3.63, 3.8) is 0 Å². The molecule has 2 aromatic rings. The molecule has 0 unspecified atom stereocenters. The van der Waals surface area contributed by atoms with Gasteiger partial charge < -0.3 is 9.73 Å². The molecule has 0 aromatic carbocycles. The summed E-state index contributed by atoms with van der Waals surface area (Å²) in [6.07, 6.45) is 0. The average molecular weight is 305 g/mol. The van der Waals surface area contributed by atoms with Crippen LogP contribution in [0.2, 0.25) is 0 Å². The zero-order chi connectivity index (χ0) is 14.1. The SMILES string of the molecule is c1csc(-c2nnc(CN3CC(N4CCNCC4)C3)o2)c1. The molecule has 2 fully saturated rings. The summed E-state index contributed by atoms with van der Waals surface area (Å²) >= 11 is 1.62. The van der Waals surface area contributed by atoms with Crippen LogP contribution >= 0.6 is 11.3 Å². The van der Waals surface area contributed by atoms with Crippen LogP contribution in [0.15, 0.2) is 21.9 Å². The number of hydrogen-bond donors (Lipinski definition) is 1. The molecule has 4 rings (SSSR count). The fourth-order valence-corrected chi connectivity index (χ4v) is 3.60. The van der Waals surface area contributed by atoms with Crippen molar-refractivity contribution < 1.29 is 4.42 Å². The average Bonchev–Trinajstić information content (AvgIpc) is 3.14. The highest BCUT2D eigenvalue weighted by molar-refractivity contribution is 7.13. The lowest BCUT2D eigenvalue weighted by molar-refractivity contribution is 0.0176. The molecule has 0 radical (unpaired) electrons. The van der Waals surface area contributed by atoms with Crippen molar-refractivity contribution in [2.75, 3.05) is 39.3 Å². The van der Waals surface area contributed by atoms with Crippen LogP contribution < -0.4 is 5.32 Å². The van der Waals surface area contributed by atoms with Gasteiger partial charge in [0.15, 0.2) is 0 Å². The summed E-state index contributed by atoms with van der Waals surface area (Å²) < 4.78 is 5.74. The van der Waals surface area contributed by atoms with Gasteiger partial charge in [-0.2, -0.15) is 0 Å². The molecule has 21 heavy (non-hydrogen) atoms. The Morgan fingerprint density at radius 3 is 2.90 bits per heavy atom. The molecule has 0 spiro atoms. The quantitative estimate of drug-likeness (QED) is 0.905. The van der Waals surface area contributed by atoms with E-state index in [2.05, 4.69) is 25.3 Å². The molecule has 7 heteroatoms. The Morgan fingerprint density at radius 2 is 2.14 bits per heavy atom. The molecule has 0 bridgehead atoms.